The topological polar surface area (TPSA) is 53.7 Å². The molecule has 1 aromatic rings. The molecule has 1 rings (SSSR count). The zero-order valence-corrected chi connectivity index (χ0v) is 19.0. The van der Waals surface area contributed by atoms with E-state index in [4.69, 9.17) is 31.0 Å². The molecule has 27 heavy (non-hydrogen) atoms. The molecule has 0 aromatic heterocycles. The van der Waals surface area contributed by atoms with Crippen molar-refractivity contribution in [3.8, 4) is 17.2 Å². The zero-order chi connectivity index (χ0) is 21.0. The lowest BCUT2D eigenvalue weighted by molar-refractivity contribution is 0.348. The standard InChI is InChI=1S/C16H23NO3S.C5H9Cl/c1-7-10(2)11(3)16(21-17)13-8-12(18-4)9-14(19-5)15(13)20-6;1-3-4-5(2)6/h7-9H,17H2,1-6H3;2-4H2,1H3/b10-7+,16-11+;. The van der Waals surface area contributed by atoms with Gasteiger partial charge >= 0.3 is 0 Å². The lowest BCUT2D eigenvalue weighted by Crippen LogP contribution is -1.99. The molecule has 0 saturated carbocycles. The van der Waals surface area contributed by atoms with Gasteiger partial charge in [-0.3, -0.25) is 5.14 Å². The first kappa shape index (κ1) is 25.4. The molecule has 0 aliphatic carbocycles. The van der Waals surface area contributed by atoms with Crippen LogP contribution in [0.15, 0.2) is 41.0 Å². The molecule has 0 heterocycles. The van der Waals surface area contributed by atoms with Crippen molar-refractivity contribution in [2.75, 3.05) is 21.3 Å². The van der Waals surface area contributed by atoms with Gasteiger partial charge in [0.05, 0.1) is 21.3 Å². The van der Waals surface area contributed by atoms with Crippen molar-refractivity contribution in [2.45, 2.75) is 40.5 Å². The van der Waals surface area contributed by atoms with Crippen molar-refractivity contribution in [1.82, 2.24) is 0 Å². The van der Waals surface area contributed by atoms with Crippen LogP contribution in [-0.4, -0.2) is 21.3 Å². The minimum Gasteiger partial charge on any atom is -0.497 e. The van der Waals surface area contributed by atoms with Crippen LogP contribution in [-0.2, 0) is 0 Å². The molecule has 0 unspecified atom stereocenters. The Morgan fingerprint density at radius 2 is 1.81 bits per heavy atom. The number of ether oxygens (including phenoxy) is 3. The van der Waals surface area contributed by atoms with Crippen LogP contribution in [0.25, 0.3) is 4.91 Å². The first-order valence-corrected chi connectivity index (χ1v) is 9.91. The van der Waals surface area contributed by atoms with Gasteiger partial charge in [0.15, 0.2) is 11.5 Å². The highest BCUT2D eigenvalue weighted by Crippen LogP contribution is 2.43. The highest BCUT2D eigenvalue weighted by atomic mass is 35.5. The van der Waals surface area contributed by atoms with Gasteiger partial charge < -0.3 is 14.2 Å². The number of hydrogen-bond acceptors (Lipinski definition) is 5. The van der Waals surface area contributed by atoms with E-state index in [-0.39, 0.29) is 0 Å². The van der Waals surface area contributed by atoms with Gasteiger partial charge in [-0.1, -0.05) is 43.2 Å². The molecule has 0 saturated heterocycles. The van der Waals surface area contributed by atoms with E-state index in [2.05, 4.69) is 26.5 Å². The van der Waals surface area contributed by atoms with Crippen molar-refractivity contribution in [3.05, 3.63) is 46.5 Å². The van der Waals surface area contributed by atoms with Gasteiger partial charge in [-0.25, -0.2) is 0 Å². The summed E-state index contributed by atoms with van der Waals surface area (Å²) in [5.41, 5.74) is 3.12. The first-order valence-electron chi connectivity index (χ1n) is 8.65. The Kier molecular flexibility index (Phi) is 12.8. The Morgan fingerprint density at radius 1 is 1.19 bits per heavy atom. The van der Waals surface area contributed by atoms with E-state index in [9.17, 15) is 0 Å². The molecule has 152 valence electrons. The Morgan fingerprint density at radius 3 is 2.15 bits per heavy atom. The van der Waals surface area contributed by atoms with Crippen molar-refractivity contribution in [3.63, 3.8) is 0 Å². The Bertz CT molecular complexity index is 684. The number of benzene rings is 1. The molecule has 0 amide bonds. The minimum atomic E-state index is 0.615. The molecule has 0 fully saturated rings. The number of halogens is 1. The van der Waals surface area contributed by atoms with Crippen molar-refractivity contribution in [1.29, 1.82) is 0 Å². The Labute approximate surface area is 173 Å². The smallest absolute Gasteiger partial charge is 0.169 e. The third-order valence-corrected chi connectivity index (χ3v) is 4.89. The summed E-state index contributed by atoms with van der Waals surface area (Å²) in [5, 5.41) is 6.66. The van der Waals surface area contributed by atoms with Crippen LogP contribution >= 0.6 is 23.5 Å². The lowest BCUT2D eigenvalue weighted by Gasteiger charge is -2.17. The fourth-order valence-corrected chi connectivity index (χ4v) is 3.05. The van der Waals surface area contributed by atoms with E-state index in [1.54, 1.807) is 27.4 Å². The molecule has 0 radical (unpaired) electrons. The molecule has 0 aliphatic heterocycles. The molecule has 0 atom stereocenters. The summed E-state index contributed by atoms with van der Waals surface area (Å²) in [5.74, 6) is 1.96. The van der Waals surface area contributed by atoms with Crippen LogP contribution in [0.1, 0.15) is 46.1 Å². The maximum Gasteiger partial charge on any atom is 0.169 e. The number of hydrogen-bond donors (Lipinski definition) is 1. The summed E-state index contributed by atoms with van der Waals surface area (Å²) in [4.78, 5) is 0.930. The van der Waals surface area contributed by atoms with Gasteiger partial charge in [-0.15, -0.1) is 0 Å². The van der Waals surface area contributed by atoms with Crippen molar-refractivity contribution < 1.29 is 14.2 Å². The van der Waals surface area contributed by atoms with Gasteiger partial charge in [-0.2, -0.15) is 0 Å². The van der Waals surface area contributed by atoms with Crippen LogP contribution in [0, 0.1) is 0 Å². The fraction of sp³-hybridized carbons (Fsp3) is 0.429. The van der Waals surface area contributed by atoms with Gasteiger partial charge in [0.25, 0.3) is 0 Å². The minimum absolute atomic E-state index is 0.615. The molecule has 0 bridgehead atoms. The number of rotatable bonds is 8. The molecule has 0 aliphatic rings. The maximum absolute atomic E-state index is 5.90. The fourth-order valence-electron chi connectivity index (χ4n) is 2.25. The van der Waals surface area contributed by atoms with Crippen LogP contribution in [0.2, 0.25) is 0 Å². The predicted molar refractivity (Wildman–Crippen MR) is 120 cm³/mol. The van der Waals surface area contributed by atoms with Crippen LogP contribution in [0.4, 0.5) is 0 Å². The highest BCUT2D eigenvalue weighted by molar-refractivity contribution is 8.06. The van der Waals surface area contributed by atoms with Crippen LogP contribution in [0.3, 0.4) is 0 Å². The SMILES string of the molecule is C/C=C(C)/C(C)=C(/SN)c1cc(OC)cc(OC)c1OC.C=C(Cl)CCC. The number of methoxy groups -OCH3 is 3. The van der Waals surface area contributed by atoms with Crippen LogP contribution in [0.5, 0.6) is 17.2 Å². The molecule has 1 aromatic carbocycles. The maximum atomic E-state index is 5.90. The average Bonchev–Trinajstić information content (AvgIpc) is 2.67. The van der Waals surface area contributed by atoms with E-state index < -0.39 is 0 Å². The van der Waals surface area contributed by atoms with Gasteiger partial charge in [0, 0.05) is 21.6 Å². The predicted octanol–water partition coefficient (Wildman–Crippen LogP) is 6.56. The number of nitrogens with two attached hydrogens (primary N) is 1. The third kappa shape index (κ3) is 7.91. The number of allylic oxidation sites excluding steroid dienone is 4. The Balaban J connectivity index is 0.000000972. The van der Waals surface area contributed by atoms with E-state index in [1.165, 1.54) is 11.9 Å². The molecule has 0 spiro atoms. The van der Waals surface area contributed by atoms with Crippen LogP contribution < -0.4 is 19.3 Å². The first-order chi connectivity index (χ1) is 12.8. The summed E-state index contributed by atoms with van der Waals surface area (Å²) in [6, 6.07) is 3.70. The third-order valence-electron chi connectivity index (χ3n) is 3.94. The molecular formula is C21H32ClNO3S. The normalized spacial score (nSPS) is 11.8. The second kappa shape index (κ2) is 13.6. The summed E-state index contributed by atoms with van der Waals surface area (Å²) in [6.45, 7) is 11.7. The average molecular weight is 414 g/mol. The highest BCUT2D eigenvalue weighted by Gasteiger charge is 2.18. The summed E-state index contributed by atoms with van der Waals surface area (Å²) in [7, 11) is 4.84. The second-order valence-electron chi connectivity index (χ2n) is 5.72. The lowest BCUT2D eigenvalue weighted by atomic mass is 10.0. The second-order valence-corrected chi connectivity index (χ2v) is 6.90. The van der Waals surface area contributed by atoms with E-state index in [0.717, 1.165) is 39.5 Å². The summed E-state index contributed by atoms with van der Waals surface area (Å²) in [6.07, 6.45) is 4.10. The Hall–Kier alpha value is -1.56. The molecule has 2 N–H and O–H groups in total. The van der Waals surface area contributed by atoms with E-state index in [0.29, 0.717) is 17.2 Å². The van der Waals surface area contributed by atoms with Crippen molar-refractivity contribution >= 4 is 28.5 Å². The van der Waals surface area contributed by atoms with Gasteiger partial charge in [0.1, 0.15) is 5.75 Å². The summed E-state index contributed by atoms with van der Waals surface area (Å²) >= 11 is 6.57. The molecular weight excluding hydrogens is 382 g/mol. The van der Waals surface area contributed by atoms with Gasteiger partial charge in [-0.05, 0) is 50.8 Å². The molecule has 6 heteroatoms. The van der Waals surface area contributed by atoms with Crippen molar-refractivity contribution in [2.24, 2.45) is 5.14 Å². The zero-order valence-electron chi connectivity index (χ0n) is 17.4. The van der Waals surface area contributed by atoms with E-state index >= 15 is 0 Å². The van der Waals surface area contributed by atoms with Gasteiger partial charge in [0.2, 0.25) is 0 Å². The quantitative estimate of drug-likeness (QED) is 0.386. The molecule has 4 nitrogen and oxygen atoms in total. The largest absolute Gasteiger partial charge is 0.497 e. The van der Waals surface area contributed by atoms with E-state index in [1.807, 2.05) is 19.9 Å². The monoisotopic (exact) mass is 413 g/mol. The summed E-state index contributed by atoms with van der Waals surface area (Å²) < 4.78 is 16.2.